The number of nitrogens with two attached hydrogens (primary N) is 1. The summed E-state index contributed by atoms with van der Waals surface area (Å²) in [6, 6.07) is 0.442. The molecule has 2 aliphatic heterocycles. The molecule has 0 aliphatic carbocycles. The van der Waals surface area contributed by atoms with Crippen LogP contribution < -0.4 is 11.1 Å². The summed E-state index contributed by atoms with van der Waals surface area (Å²) < 4.78 is 0. The van der Waals surface area contributed by atoms with Crippen LogP contribution in [0.5, 0.6) is 0 Å². The molecule has 0 aromatic carbocycles. The molecule has 1 saturated heterocycles. The average molecular weight is 236 g/mol. The van der Waals surface area contributed by atoms with Crippen molar-refractivity contribution in [2.45, 2.75) is 19.9 Å². The highest BCUT2D eigenvalue weighted by atomic mass is 15.3. The first-order valence-corrected chi connectivity index (χ1v) is 6.53. The number of dihydropyridines is 1. The third-order valence-corrected chi connectivity index (χ3v) is 3.42. The van der Waals surface area contributed by atoms with Crippen molar-refractivity contribution in [1.29, 1.82) is 0 Å². The number of hydrogen-bond donors (Lipinski definition) is 2. The van der Waals surface area contributed by atoms with Crippen molar-refractivity contribution in [2.75, 3.05) is 39.3 Å². The summed E-state index contributed by atoms with van der Waals surface area (Å²) in [5.74, 6) is 0. The lowest BCUT2D eigenvalue weighted by atomic mass is 10.1. The van der Waals surface area contributed by atoms with Crippen LogP contribution in [0.15, 0.2) is 23.5 Å². The van der Waals surface area contributed by atoms with Crippen LogP contribution in [-0.2, 0) is 0 Å². The molecular formula is C13H24N4. The minimum Gasteiger partial charge on any atom is -0.383 e. The molecule has 4 heteroatoms. The molecule has 0 radical (unpaired) electrons. The van der Waals surface area contributed by atoms with E-state index in [-0.39, 0.29) is 0 Å². The van der Waals surface area contributed by atoms with Gasteiger partial charge in [0.25, 0.3) is 0 Å². The predicted molar refractivity (Wildman–Crippen MR) is 71.5 cm³/mol. The van der Waals surface area contributed by atoms with Crippen LogP contribution in [0.25, 0.3) is 0 Å². The lowest BCUT2D eigenvalue weighted by molar-refractivity contribution is 0.164. The van der Waals surface area contributed by atoms with Gasteiger partial charge < -0.3 is 16.0 Å². The van der Waals surface area contributed by atoms with Gasteiger partial charge in [0, 0.05) is 56.7 Å². The summed E-state index contributed by atoms with van der Waals surface area (Å²) in [5, 5.41) is 3.41. The zero-order valence-electron chi connectivity index (χ0n) is 10.9. The Balaban J connectivity index is 1.92. The fourth-order valence-corrected chi connectivity index (χ4v) is 2.58. The van der Waals surface area contributed by atoms with Gasteiger partial charge in [-0.1, -0.05) is 0 Å². The van der Waals surface area contributed by atoms with Gasteiger partial charge in [0.1, 0.15) is 0 Å². The van der Waals surface area contributed by atoms with Crippen molar-refractivity contribution < 1.29 is 0 Å². The number of nitrogens with zero attached hydrogens (tertiary/aromatic N) is 2. The lowest BCUT2D eigenvalue weighted by Crippen LogP contribution is -2.47. The number of allylic oxidation sites excluding steroid dienone is 2. The zero-order chi connectivity index (χ0) is 12.3. The molecule has 0 spiro atoms. The third-order valence-electron chi connectivity index (χ3n) is 3.42. The molecule has 2 heterocycles. The van der Waals surface area contributed by atoms with Crippen molar-refractivity contribution in [3.8, 4) is 0 Å². The molecule has 96 valence electrons. The maximum atomic E-state index is 5.59. The molecule has 3 N–H and O–H groups in total. The smallest absolute Gasteiger partial charge is 0.0435 e. The quantitative estimate of drug-likeness (QED) is 0.742. The molecular weight excluding hydrogens is 212 g/mol. The fourth-order valence-electron chi connectivity index (χ4n) is 2.58. The van der Waals surface area contributed by atoms with E-state index in [0.29, 0.717) is 6.04 Å². The van der Waals surface area contributed by atoms with Gasteiger partial charge in [0.15, 0.2) is 0 Å². The topological polar surface area (TPSA) is 44.5 Å². The van der Waals surface area contributed by atoms with Gasteiger partial charge in [-0.25, -0.2) is 0 Å². The molecule has 1 atom stereocenters. The lowest BCUT2D eigenvalue weighted by Gasteiger charge is -2.38. The number of rotatable bonds is 3. The third kappa shape index (κ3) is 3.23. The molecule has 0 bridgehead atoms. The van der Waals surface area contributed by atoms with Crippen LogP contribution in [0, 0.1) is 0 Å². The van der Waals surface area contributed by atoms with E-state index in [1.807, 2.05) is 0 Å². The van der Waals surface area contributed by atoms with E-state index < -0.39 is 0 Å². The van der Waals surface area contributed by atoms with Crippen LogP contribution in [0.1, 0.15) is 13.8 Å². The van der Waals surface area contributed by atoms with Crippen molar-refractivity contribution >= 4 is 0 Å². The van der Waals surface area contributed by atoms with Crippen LogP contribution >= 0.6 is 0 Å². The molecule has 17 heavy (non-hydrogen) atoms. The van der Waals surface area contributed by atoms with Gasteiger partial charge in [-0.3, -0.25) is 4.90 Å². The van der Waals surface area contributed by atoms with Crippen LogP contribution in [0.2, 0.25) is 0 Å². The second-order valence-electron chi connectivity index (χ2n) is 4.97. The minimum absolute atomic E-state index is 0.442. The number of nitrogens with one attached hydrogen (secondary N) is 1. The van der Waals surface area contributed by atoms with Gasteiger partial charge in [0.2, 0.25) is 0 Å². The Bertz CT molecular complexity index is 313. The Kier molecular flexibility index (Phi) is 4.07. The normalized spacial score (nSPS) is 26.3. The van der Waals surface area contributed by atoms with Crippen LogP contribution in [0.3, 0.4) is 0 Å². The van der Waals surface area contributed by atoms with E-state index in [2.05, 4.69) is 41.1 Å². The first-order valence-electron chi connectivity index (χ1n) is 6.53. The van der Waals surface area contributed by atoms with E-state index in [1.54, 1.807) is 0 Å². The molecule has 0 aromatic heterocycles. The molecule has 4 nitrogen and oxygen atoms in total. The van der Waals surface area contributed by atoms with Gasteiger partial charge >= 0.3 is 0 Å². The summed E-state index contributed by atoms with van der Waals surface area (Å²) in [7, 11) is 0. The maximum Gasteiger partial charge on any atom is 0.0435 e. The predicted octanol–water partition coefficient (Wildman–Crippen LogP) is 0.342. The van der Waals surface area contributed by atoms with E-state index in [0.717, 1.165) is 39.3 Å². The monoisotopic (exact) mass is 236 g/mol. The minimum atomic E-state index is 0.442. The molecule has 2 rings (SSSR count). The fraction of sp³-hybridized carbons (Fsp3) is 0.692. The Labute approximate surface area is 104 Å². The molecule has 0 saturated carbocycles. The number of hydrogen-bond acceptors (Lipinski definition) is 4. The van der Waals surface area contributed by atoms with E-state index in [1.165, 1.54) is 11.4 Å². The van der Waals surface area contributed by atoms with E-state index in [4.69, 9.17) is 5.73 Å². The van der Waals surface area contributed by atoms with Crippen molar-refractivity contribution in [2.24, 2.45) is 5.73 Å². The highest BCUT2D eigenvalue weighted by Gasteiger charge is 2.19. The van der Waals surface area contributed by atoms with E-state index >= 15 is 0 Å². The summed E-state index contributed by atoms with van der Waals surface area (Å²) in [6.07, 6.45) is 4.56. The van der Waals surface area contributed by atoms with Crippen molar-refractivity contribution in [1.82, 2.24) is 15.1 Å². The largest absolute Gasteiger partial charge is 0.383 e. The Morgan fingerprint density at radius 3 is 2.65 bits per heavy atom. The van der Waals surface area contributed by atoms with Crippen LogP contribution in [-0.4, -0.2) is 55.1 Å². The zero-order valence-corrected chi connectivity index (χ0v) is 10.9. The standard InChI is InChI=1S/C13H24N4/c1-11-9-13(10-12(2)15-11)17-7-5-16(4-3-14)6-8-17/h9-11,15H,3-8,14H2,1-2H3. The molecule has 1 unspecified atom stereocenters. The first-order chi connectivity index (χ1) is 8.19. The van der Waals surface area contributed by atoms with Gasteiger partial charge in [-0.05, 0) is 26.0 Å². The molecule has 0 aromatic rings. The summed E-state index contributed by atoms with van der Waals surface area (Å²) >= 11 is 0. The van der Waals surface area contributed by atoms with Gasteiger partial charge in [-0.15, -0.1) is 0 Å². The van der Waals surface area contributed by atoms with E-state index in [9.17, 15) is 0 Å². The second kappa shape index (κ2) is 5.56. The molecule has 1 fully saturated rings. The van der Waals surface area contributed by atoms with Gasteiger partial charge in [0.05, 0.1) is 0 Å². The Morgan fingerprint density at radius 1 is 1.35 bits per heavy atom. The molecule has 0 amide bonds. The number of piperazine rings is 1. The van der Waals surface area contributed by atoms with Crippen molar-refractivity contribution in [3.63, 3.8) is 0 Å². The maximum absolute atomic E-state index is 5.59. The highest BCUT2D eigenvalue weighted by molar-refractivity contribution is 5.27. The van der Waals surface area contributed by atoms with Gasteiger partial charge in [-0.2, -0.15) is 0 Å². The Morgan fingerprint density at radius 2 is 2.06 bits per heavy atom. The second-order valence-corrected chi connectivity index (χ2v) is 4.97. The SMILES string of the molecule is CC1=CC(N2CCN(CCN)CC2)=CC(C)N1. The van der Waals surface area contributed by atoms with Crippen molar-refractivity contribution in [3.05, 3.63) is 23.5 Å². The Hall–Kier alpha value is -1.00. The molecule has 2 aliphatic rings. The summed E-state index contributed by atoms with van der Waals surface area (Å²) in [5.41, 5.74) is 8.23. The van der Waals surface area contributed by atoms with Crippen LogP contribution in [0.4, 0.5) is 0 Å². The highest BCUT2D eigenvalue weighted by Crippen LogP contribution is 2.16. The first kappa shape index (κ1) is 12.5. The summed E-state index contributed by atoms with van der Waals surface area (Å²) in [6.45, 7) is 10.6. The summed E-state index contributed by atoms with van der Waals surface area (Å²) in [4.78, 5) is 4.92. The average Bonchev–Trinajstić information content (AvgIpc) is 2.29.